The summed E-state index contributed by atoms with van der Waals surface area (Å²) in [6.45, 7) is 0.0554. The second-order valence-electron chi connectivity index (χ2n) is 8.88. The number of furan rings is 1. The fourth-order valence-electron chi connectivity index (χ4n) is 4.93. The predicted molar refractivity (Wildman–Crippen MR) is 123 cm³/mol. The number of amides is 4. The van der Waals surface area contributed by atoms with Crippen molar-refractivity contribution >= 4 is 28.8 Å². The minimum atomic E-state index is -0.771. The summed E-state index contributed by atoms with van der Waals surface area (Å²) >= 11 is 0. The Morgan fingerprint density at radius 3 is 2.52 bits per heavy atom. The third-order valence-electron chi connectivity index (χ3n) is 6.68. The number of fused-ring (bicyclic) bond motifs is 1. The first-order valence-electron chi connectivity index (χ1n) is 11.5. The molecule has 7 heteroatoms. The molecular weight excluding hydrogens is 418 g/mol. The first-order valence-corrected chi connectivity index (χ1v) is 11.5. The molecule has 1 aromatic heterocycles. The van der Waals surface area contributed by atoms with Gasteiger partial charge in [-0.25, -0.2) is 4.79 Å². The van der Waals surface area contributed by atoms with Crippen LogP contribution in [-0.2, 0) is 9.59 Å². The average Bonchev–Trinajstić information content (AvgIpc) is 3.36. The molecule has 170 valence electrons. The molecule has 1 spiro atoms. The van der Waals surface area contributed by atoms with Crippen LogP contribution < -0.4 is 10.6 Å². The smallest absolute Gasteiger partial charge is 0.325 e. The van der Waals surface area contributed by atoms with E-state index in [-0.39, 0.29) is 24.8 Å². The number of rotatable bonds is 6. The van der Waals surface area contributed by atoms with Crippen molar-refractivity contribution in [1.82, 2.24) is 15.5 Å². The molecule has 4 amide bonds. The van der Waals surface area contributed by atoms with Gasteiger partial charge in [0.05, 0.1) is 0 Å². The second kappa shape index (κ2) is 8.73. The van der Waals surface area contributed by atoms with Gasteiger partial charge in [0.15, 0.2) is 0 Å². The third kappa shape index (κ3) is 4.11. The molecule has 7 nitrogen and oxygen atoms in total. The van der Waals surface area contributed by atoms with Crippen molar-refractivity contribution in [2.45, 2.75) is 50.1 Å². The maximum atomic E-state index is 13.0. The van der Waals surface area contributed by atoms with E-state index in [1.54, 1.807) is 0 Å². The normalized spacial score (nSPS) is 18.5. The lowest BCUT2D eigenvalue weighted by molar-refractivity contribution is -0.132. The van der Waals surface area contributed by atoms with Crippen LogP contribution in [0.1, 0.15) is 55.9 Å². The average molecular weight is 446 g/mol. The fourth-order valence-corrected chi connectivity index (χ4v) is 4.93. The molecule has 1 atom stereocenters. The molecule has 1 aliphatic carbocycles. The van der Waals surface area contributed by atoms with Gasteiger partial charge in [-0.3, -0.25) is 14.5 Å². The molecule has 1 unspecified atom stereocenters. The topological polar surface area (TPSA) is 91.7 Å². The Morgan fingerprint density at radius 1 is 1.03 bits per heavy atom. The number of urea groups is 1. The molecule has 0 bridgehead atoms. The first kappa shape index (κ1) is 21.2. The molecule has 1 saturated heterocycles. The van der Waals surface area contributed by atoms with Crippen molar-refractivity contribution in [3.05, 3.63) is 72.0 Å². The molecule has 2 aromatic carbocycles. The van der Waals surface area contributed by atoms with Gasteiger partial charge < -0.3 is 15.1 Å². The zero-order valence-corrected chi connectivity index (χ0v) is 18.4. The molecular formula is C26H27N3O4. The van der Waals surface area contributed by atoms with Gasteiger partial charge in [-0.2, -0.15) is 0 Å². The summed E-state index contributed by atoms with van der Waals surface area (Å²) in [5.41, 5.74) is 0.869. The van der Waals surface area contributed by atoms with E-state index in [1.165, 1.54) is 4.90 Å². The number of nitrogens with zero attached hydrogens (tertiary/aromatic N) is 1. The minimum absolute atomic E-state index is 0.0266. The molecule has 1 aliphatic heterocycles. The van der Waals surface area contributed by atoms with Crippen LogP contribution in [0.25, 0.3) is 11.0 Å². The number of imide groups is 1. The van der Waals surface area contributed by atoms with E-state index < -0.39 is 17.6 Å². The van der Waals surface area contributed by atoms with Crippen molar-refractivity contribution in [2.75, 3.05) is 6.54 Å². The van der Waals surface area contributed by atoms with Crippen LogP contribution in [0.2, 0.25) is 0 Å². The summed E-state index contributed by atoms with van der Waals surface area (Å²) in [5.74, 6) is 0.179. The highest BCUT2D eigenvalue weighted by Crippen LogP contribution is 2.34. The molecule has 2 fully saturated rings. The lowest BCUT2D eigenvalue weighted by Crippen LogP contribution is -2.48. The SMILES string of the molecule is O=C(CCN1C(=O)NC2(CCCCC2)C1=O)NC(c1ccccc1)c1cc2ccccc2o1. The Kier molecular flexibility index (Phi) is 5.62. The van der Waals surface area contributed by atoms with Crippen molar-refractivity contribution in [1.29, 1.82) is 0 Å². The summed E-state index contributed by atoms with van der Waals surface area (Å²) in [4.78, 5) is 39.6. The highest BCUT2D eigenvalue weighted by atomic mass is 16.3. The fraction of sp³-hybridized carbons (Fsp3) is 0.346. The molecule has 33 heavy (non-hydrogen) atoms. The second-order valence-corrected chi connectivity index (χ2v) is 8.88. The summed E-state index contributed by atoms with van der Waals surface area (Å²) < 4.78 is 6.03. The number of hydrogen-bond acceptors (Lipinski definition) is 4. The lowest BCUT2D eigenvalue weighted by atomic mass is 9.82. The van der Waals surface area contributed by atoms with E-state index >= 15 is 0 Å². The molecule has 2 heterocycles. The molecule has 2 N–H and O–H groups in total. The van der Waals surface area contributed by atoms with Gasteiger partial charge in [-0.05, 0) is 30.5 Å². The van der Waals surface area contributed by atoms with E-state index in [0.717, 1.165) is 35.8 Å². The van der Waals surface area contributed by atoms with Gasteiger partial charge in [-0.15, -0.1) is 0 Å². The van der Waals surface area contributed by atoms with Crippen LogP contribution in [0.15, 0.2) is 65.1 Å². The quantitative estimate of drug-likeness (QED) is 0.554. The van der Waals surface area contributed by atoms with Crippen LogP contribution in [0.5, 0.6) is 0 Å². The van der Waals surface area contributed by atoms with Crippen LogP contribution >= 0.6 is 0 Å². The summed E-state index contributed by atoms with van der Waals surface area (Å²) in [5, 5.41) is 6.88. The third-order valence-corrected chi connectivity index (χ3v) is 6.68. The number of carbonyl (C=O) groups excluding carboxylic acids is 3. The molecule has 2 aliphatic rings. The number of hydrogen-bond donors (Lipinski definition) is 2. The Bertz CT molecular complexity index is 1150. The highest BCUT2D eigenvalue weighted by Gasteiger charge is 2.51. The predicted octanol–water partition coefficient (Wildman–Crippen LogP) is 4.28. The van der Waals surface area contributed by atoms with Crippen LogP contribution in [0, 0.1) is 0 Å². The zero-order valence-electron chi connectivity index (χ0n) is 18.4. The number of benzene rings is 2. The van der Waals surface area contributed by atoms with Gasteiger partial charge in [0, 0.05) is 18.4 Å². The van der Waals surface area contributed by atoms with Crippen molar-refractivity contribution < 1.29 is 18.8 Å². The Balaban J connectivity index is 1.30. The maximum absolute atomic E-state index is 13.0. The molecule has 5 rings (SSSR count). The van der Waals surface area contributed by atoms with Crippen LogP contribution in [-0.4, -0.2) is 34.8 Å². The van der Waals surface area contributed by atoms with E-state index in [0.29, 0.717) is 18.6 Å². The summed E-state index contributed by atoms with van der Waals surface area (Å²) in [6, 6.07) is 18.4. The van der Waals surface area contributed by atoms with E-state index in [4.69, 9.17) is 4.42 Å². The number of nitrogens with one attached hydrogen (secondary N) is 2. The molecule has 1 saturated carbocycles. The maximum Gasteiger partial charge on any atom is 0.325 e. The van der Waals surface area contributed by atoms with Gasteiger partial charge in [-0.1, -0.05) is 67.8 Å². The largest absolute Gasteiger partial charge is 0.459 e. The Labute approximate surface area is 192 Å². The monoisotopic (exact) mass is 445 g/mol. The van der Waals surface area contributed by atoms with Crippen molar-refractivity contribution in [3.63, 3.8) is 0 Å². The highest BCUT2D eigenvalue weighted by molar-refractivity contribution is 6.07. The van der Waals surface area contributed by atoms with Crippen LogP contribution in [0.4, 0.5) is 4.79 Å². The van der Waals surface area contributed by atoms with Gasteiger partial charge in [0.25, 0.3) is 5.91 Å². The molecule has 3 aromatic rings. The van der Waals surface area contributed by atoms with E-state index in [1.807, 2.05) is 60.7 Å². The molecule has 0 radical (unpaired) electrons. The van der Waals surface area contributed by atoms with E-state index in [9.17, 15) is 14.4 Å². The van der Waals surface area contributed by atoms with Gasteiger partial charge in [0.1, 0.15) is 22.9 Å². The number of carbonyl (C=O) groups is 3. The number of para-hydroxylation sites is 1. The first-order chi connectivity index (χ1) is 16.1. The van der Waals surface area contributed by atoms with Crippen LogP contribution in [0.3, 0.4) is 0 Å². The van der Waals surface area contributed by atoms with Gasteiger partial charge >= 0.3 is 6.03 Å². The minimum Gasteiger partial charge on any atom is -0.459 e. The standard InChI is InChI=1S/C26H27N3O4/c30-22(13-16-29-24(31)26(28-25(29)32)14-7-2-8-15-26)27-23(18-9-3-1-4-10-18)21-17-19-11-5-6-12-20(19)33-21/h1,3-6,9-12,17,23H,2,7-8,13-16H2,(H,27,30)(H,28,32). The van der Waals surface area contributed by atoms with Gasteiger partial charge in [0.2, 0.25) is 5.91 Å². The van der Waals surface area contributed by atoms with E-state index in [2.05, 4.69) is 10.6 Å². The summed E-state index contributed by atoms with van der Waals surface area (Å²) in [7, 11) is 0. The van der Waals surface area contributed by atoms with Crippen molar-refractivity contribution in [3.8, 4) is 0 Å². The van der Waals surface area contributed by atoms with Crippen molar-refractivity contribution in [2.24, 2.45) is 0 Å². The lowest BCUT2D eigenvalue weighted by Gasteiger charge is -2.30. The Hall–Kier alpha value is -3.61. The summed E-state index contributed by atoms with van der Waals surface area (Å²) in [6.07, 6.45) is 4.30. The zero-order chi connectivity index (χ0) is 22.8. The Morgan fingerprint density at radius 2 is 1.76 bits per heavy atom.